The smallest absolute Gasteiger partial charge is 0.412 e. The molecule has 1 aliphatic heterocycles. The van der Waals surface area contributed by atoms with Crippen LogP contribution in [0.15, 0.2) is 0 Å². The standard InChI is InChI=1S/C29H53NO5/c1-20(2)22(18-24-19-30(29(9,10)34-24)26(32)35-28(6,7)8)17-23(33-25(31)27(3,4)5)16-21-14-12-11-13-15-21/h20-24H,11-19H2,1-10H3/t22?,23-,24-/m0/s1. The van der Waals surface area contributed by atoms with Crippen LogP contribution in [-0.4, -0.2) is 47.0 Å². The summed E-state index contributed by atoms with van der Waals surface area (Å²) in [7, 11) is 0. The third-order valence-corrected chi connectivity index (χ3v) is 7.39. The lowest BCUT2D eigenvalue weighted by Crippen LogP contribution is -2.46. The molecule has 3 atom stereocenters. The predicted octanol–water partition coefficient (Wildman–Crippen LogP) is 7.34. The van der Waals surface area contributed by atoms with E-state index in [2.05, 4.69) is 13.8 Å². The average Bonchev–Trinajstić information content (AvgIpc) is 3.00. The lowest BCUT2D eigenvalue weighted by atomic mass is 9.80. The molecule has 0 radical (unpaired) electrons. The highest BCUT2D eigenvalue weighted by molar-refractivity contribution is 5.75. The van der Waals surface area contributed by atoms with Crippen molar-refractivity contribution >= 4 is 12.1 Å². The minimum Gasteiger partial charge on any atom is -0.462 e. The Morgan fingerprint density at radius 3 is 2.11 bits per heavy atom. The molecule has 2 fully saturated rings. The summed E-state index contributed by atoms with van der Waals surface area (Å²) in [5, 5.41) is 0. The highest BCUT2D eigenvalue weighted by Crippen LogP contribution is 2.37. The van der Waals surface area contributed by atoms with Gasteiger partial charge in [-0.3, -0.25) is 9.69 Å². The summed E-state index contributed by atoms with van der Waals surface area (Å²) >= 11 is 0. The van der Waals surface area contributed by atoms with Crippen molar-refractivity contribution < 1.29 is 23.8 Å². The number of carbonyl (C=O) groups is 2. The molecular formula is C29H53NO5. The van der Waals surface area contributed by atoms with E-state index >= 15 is 0 Å². The van der Waals surface area contributed by atoms with Crippen molar-refractivity contribution in [2.75, 3.05) is 6.54 Å². The van der Waals surface area contributed by atoms with Gasteiger partial charge in [0.25, 0.3) is 0 Å². The average molecular weight is 496 g/mol. The first-order valence-electron chi connectivity index (χ1n) is 13.9. The Balaban J connectivity index is 2.10. The van der Waals surface area contributed by atoms with E-state index in [-0.39, 0.29) is 24.3 Å². The van der Waals surface area contributed by atoms with Crippen molar-refractivity contribution in [3.63, 3.8) is 0 Å². The van der Waals surface area contributed by atoms with Crippen molar-refractivity contribution in [3.05, 3.63) is 0 Å². The van der Waals surface area contributed by atoms with Crippen LogP contribution >= 0.6 is 0 Å². The van der Waals surface area contributed by atoms with Crippen molar-refractivity contribution in [2.24, 2.45) is 23.2 Å². The zero-order valence-electron chi connectivity index (χ0n) is 24.2. The predicted molar refractivity (Wildman–Crippen MR) is 140 cm³/mol. The quantitative estimate of drug-likeness (QED) is 0.330. The van der Waals surface area contributed by atoms with Gasteiger partial charge in [-0.05, 0) is 92.4 Å². The molecule has 204 valence electrons. The van der Waals surface area contributed by atoms with Crippen LogP contribution in [0, 0.1) is 23.2 Å². The summed E-state index contributed by atoms with van der Waals surface area (Å²) in [5.74, 6) is 1.27. The number of hydrogen-bond acceptors (Lipinski definition) is 5. The Kier molecular flexibility index (Phi) is 10.1. The number of esters is 1. The molecule has 1 saturated carbocycles. The maximum atomic E-state index is 12.8. The monoisotopic (exact) mass is 495 g/mol. The van der Waals surface area contributed by atoms with E-state index in [0.29, 0.717) is 24.3 Å². The molecule has 0 spiro atoms. The van der Waals surface area contributed by atoms with Crippen LogP contribution in [0.2, 0.25) is 0 Å². The summed E-state index contributed by atoms with van der Waals surface area (Å²) in [6, 6.07) is 0. The maximum Gasteiger partial charge on any atom is 0.412 e. The van der Waals surface area contributed by atoms with Crippen LogP contribution < -0.4 is 0 Å². The normalized spacial score (nSPS) is 23.3. The van der Waals surface area contributed by atoms with Gasteiger partial charge in [0.05, 0.1) is 18.1 Å². The van der Waals surface area contributed by atoms with E-state index in [4.69, 9.17) is 14.2 Å². The molecule has 6 nitrogen and oxygen atoms in total. The van der Waals surface area contributed by atoms with Gasteiger partial charge in [0.15, 0.2) is 0 Å². The Morgan fingerprint density at radius 1 is 1.00 bits per heavy atom. The number of hydrogen-bond donors (Lipinski definition) is 0. The van der Waals surface area contributed by atoms with Crippen LogP contribution in [0.4, 0.5) is 4.79 Å². The Morgan fingerprint density at radius 2 is 1.60 bits per heavy atom. The molecule has 1 saturated heterocycles. The summed E-state index contributed by atoms with van der Waals surface area (Å²) in [4.78, 5) is 27.4. The van der Waals surface area contributed by atoms with Gasteiger partial charge in [-0.2, -0.15) is 0 Å². The lowest BCUT2D eigenvalue weighted by molar-refractivity contribution is -0.161. The van der Waals surface area contributed by atoms with Gasteiger partial charge < -0.3 is 14.2 Å². The van der Waals surface area contributed by atoms with Crippen LogP contribution in [0.3, 0.4) is 0 Å². The summed E-state index contributed by atoms with van der Waals surface area (Å²) in [6.07, 6.45) is 8.49. The summed E-state index contributed by atoms with van der Waals surface area (Å²) in [6.45, 7) is 20.3. The minimum atomic E-state index is -0.714. The molecule has 35 heavy (non-hydrogen) atoms. The molecule has 1 heterocycles. The van der Waals surface area contributed by atoms with E-state index in [1.807, 2.05) is 55.4 Å². The minimum absolute atomic E-state index is 0.0708. The van der Waals surface area contributed by atoms with E-state index in [0.717, 1.165) is 19.3 Å². The number of nitrogens with zero attached hydrogens (tertiary/aromatic N) is 1. The van der Waals surface area contributed by atoms with Crippen molar-refractivity contribution in [1.29, 1.82) is 0 Å². The van der Waals surface area contributed by atoms with E-state index in [1.54, 1.807) is 4.90 Å². The second-order valence-corrected chi connectivity index (χ2v) is 13.8. The molecular weight excluding hydrogens is 442 g/mol. The zero-order chi connectivity index (χ0) is 26.6. The first-order valence-corrected chi connectivity index (χ1v) is 13.9. The third kappa shape index (κ3) is 9.59. The fourth-order valence-corrected chi connectivity index (χ4v) is 5.30. The Bertz CT molecular complexity index is 697. The van der Waals surface area contributed by atoms with Crippen LogP contribution in [0.1, 0.15) is 121 Å². The van der Waals surface area contributed by atoms with Crippen molar-refractivity contribution in [2.45, 2.75) is 144 Å². The number of ether oxygens (including phenoxy) is 3. The van der Waals surface area contributed by atoms with Crippen LogP contribution in [0.25, 0.3) is 0 Å². The van der Waals surface area contributed by atoms with Gasteiger partial charge in [-0.25, -0.2) is 4.79 Å². The topological polar surface area (TPSA) is 65.1 Å². The second-order valence-electron chi connectivity index (χ2n) is 13.8. The van der Waals surface area contributed by atoms with E-state index < -0.39 is 16.7 Å². The molecule has 2 aliphatic rings. The van der Waals surface area contributed by atoms with Gasteiger partial charge in [0, 0.05) is 0 Å². The summed E-state index contributed by atoms with van der Waals surface area (Å²) < 4.78 is 18.1. The Labute approximate surface area is 214 Å². The van der Waals surface area contributed by atoms with E-state index in [9.17, 15) is 9.59 Å². The van der Waals surface area contributed by atoms with Crippen molar-refractivity contribution in [1.82, 2.24) is 4.90 Å². The van der Waals surface area contributed by atoms with Gasteiger partial charge >= 0.3 is 12.1 Å². The Hall–Kier alpha value is -1.30. The van der Waals surface area contributed by atoms with Crippen molar-refractivity contribution in [3.8, 4) is 0 Å². The largest absolute Gasteiger partial charge is 0.462 e. The molecule has 0 aromatic carbocycles. The third-order valence-electron chi connectivity index (χ3n) is 7.39. The molecule has 1 unspecified atom stereocenters. The van der Waals surface area contributed by atoms with Crippen LogP contribution in [-0.2, 0) is 19.0 Å². The highest BCUT2D eigenvalue weighted by Gasteiger charge is 2.45. The fourth-order valence-electron chi connectivity index (χ4n) is 5.30. The van der Waals surface area contributed by atoms with Gasteiger partial charge in [0.2, 0.25) is 0 Å². The number of amides is 1. The van der Waals surface area contributed by atoms with E-state index in [1.165, 1.54) is 32.1 Å². The van der Waals surface area contributed by atoms with Gasteiger partial charge in [-0.15, -0.1) is 0 Å². The maximum absolute atomic E-state index is 12.8. The molecule has 0 bridgehead atoms. The lowest BCUT2D eigenvalue weighted by Gasteiger charge is -2.33. The molecule has 0 aromatic heterocycles. The van der Waals surface area contributed by atoms with Gasteiger partial charge in [-0.1, -0.05) is 46.0 Å². The zero-order valence-corrected chi connectivity index (χ0v) is 24.2. The number of rotatable bonds is 8. The second kappa shape index (κ2) is 11.8. The van der Waals surface area contributed by atoms with Crippen LogP contribution in [0.5, 0.6) is 0 Å². The number of carbonyl (C=O) groups excluding carboxylic acids is 2. The molecule has 1 amide bonds. The van der Waals surface area contributed by atoms with Gasteiger partial charge in [0.1, 0.15) is 17.4 Å². The molecule has 0 N–H and O–H groups in total. The fraction of sp³-hybridized carbons (Fsp3) is 0.931. The highest BCUT2D eigenvalue weighted by atomic mass is 16.6. The molecule has 2 rings (SSSR count). The summed E-state index contributed by atoms with van der Waals surface area (Å²) in [5.41, 5.74) is -1.77. The SMILES string of the molecule is CC(C)C(C[C@H](CC1CCCCC1)OC(=O)C(C)(C)C)C[C@H]1CN(C(=O)OC(C)(C)C)C(C)(C)O1. The molecule has 1 aliphatic carbocycles. The molecule has 6 heteroatoms. The first kappa shape index (κ1) is 29.9. The first-order chi connectivity index (χ1) is 16.0. The molecule has 0 aromatic rings.